The number of unbranched alkanes of at least 4 members (excludes halogenated alkanes) is 21. The molecule has 0 heterocycles. The van der Waals surface area contributed by atoms with Gasteiger partial charge in [-0.05, 0) is 51.4 Å². The van der Waals surface area contributed by atoms with Crippen LogP contribution in [-0.2, 0) is 4.79 Å². The minimum atomic E-state index is -0.862. The zero-order chi connectivity index (χ0) is 30.8. The maximum Gasteiger partial charge on any atom is 0.220 e. The van der Waals surface area contributed by atoms with E-state index in [1.54, 1.807) is 6.08 Å². The number of carbonyl (C=O) groups excluding carboxylic acids is 1. The van der Waals surface area contributed by atoms with E-state index >= 15 is 0 Å². The summed E-state index contributed by atoms with van der Waals surface area (Å²) in [5.74, 6) is -0.0876. The Morgan fingerprint density at radius 3 is 1.48 bits per heavy atom. The van der Waals surface area contributed by atoms with Crippen molar-refractivity contribution in [1.29, 1.82) is 0 Å². The molecule has 0 saturated heterocycles. The lowest BCUT2D eigenvalue weighted by Crippen LogP contribution is -2.45. The molecule has 0 saturated carbocycles. The molecule has 4 nitrogen and oxygen atoms in total. The number of amides is 1. The summed E-state index contributed by atoms with van der Waals surface area (Å²) in [5.41, 5.74) is 0. The highest BCUT2D eigenvalue weighted by atomic mass is 16.3. The first kappa shape index (κ1) is 40.6. The molecule has 4 heteroatoms. The Labute approximate surface area is 261 Å². The van der Waals surface area contributed by atoms with E-state index in [0.29, 0.717) is 6.42 Å². The van der Waals surface area contributed by atoms with Crippen LogP contribution in [0.1, 0.15) is 181 Å². The SMILES string of the molecule is CCC/C=C\CCCCCCCC(=O)NC(CO)C(O)/C=C/CC/C=C/CCCCCCCCCCCCCCCC. The Hall–Kier alpha value is -1.39. The van der Waals surface area contributed by atoms with Gasteiger partial charge in [0.15, 0.2) is 0 Å². The first-order valence-electron chi connectivity index (χ1n) is 18.2. The Morgan fingerprint density at radius 2 is 0.976 bits per heavy atom. The molecule has 2 atom stereocenters. The van der Waals surface area contributed by atoms with Gasteiger partial charge in [-0.25, -0.2) is 0 Å². The van der Waals surface area contributed by atoms with Crippen molar-refractivity contribution in [1.82, 2.24) is 5.32 Å². The number of carbonyl (C=O) groups is 1. The predicted octanol–water partition coefficient (Wildman–Crippen LogP) is 10.7. The van der Waals surface area contributed by atoms with Gasteiger partial charge in [0, 0.05) is 6.42 Å². The summed E-state index contributed by atoms with van der Waals surface area (Å²) in [6.07, 6.45) is 43.8. The van der Waals surface area contributed by atoms with Crippen molar-refractivity contribution >= 4 is 5.91 Å². The summed E-state index contributed by atoms with van der Waals surface area (Å²) in [6.45, 7) is 4.22. The van der Waals surface area contributed by atoms with E-state index in [1.807, 2.05) is 6.08 Å². The second-order valence-electron chi connectivity index (χ2n) is 12.3. The summed E-state index contributed by atoms with van der Waals surface area (Å²) in [4.78, 5) is 12.2. The van der Waals surface area contributed by atoms with Crippen LogP contribution in [0.5, 0.6) is 0 Å². The van der Waals surface area contributed by atoms with Crippen molar-refractivity contribution in [2.24, 2.45) is 0 Å². The van der Waals surface area contributed by atoms with Gasteiger partial charge in [-0.1, -0.05) is 159 Å². The molecule has 1 amide bonds. The van der Waals surface area contributed by atoms with Crippen molar-refractivity contribution in [3.8, 4) is 0 Å². The van der Waals surface area contributed by atoms with Crippen molar-refractivity contribution < 1.29 is 15.0 Å². The Bertz CT molecular complexity index is 642. The summed E-state index contributed by atoms with van der Waals surface area (Å²) in [6, 6.07) is -0.639. The van der Waals surface area contributed by atoms with Crippen LogP contribution in [0.3, 0.4) is 0 Å². The van der Waals surface area contributed by atoms with Crippen molar-refractivity contribution in [2.45, 2.75) is 193 Å². The molecule has 0 bridgehead atoms. The standard InChI is InChI=1S/C38H71NO3/c1-3-5-7-9-11-13-15-16-17-18-19-20-21-22-23-24-25-27-29-31-33-37(41)36(35-40)39-38(42)34-32-30-28-26-14-12-10-8-6-4-2/h8,10,24-25,31,33,36-37,40-41H,3-7,9,11-23,26-30,32,34-35H2,1-2H3,(H,39,42)/b10-8-,25-24+,33-31+. The van der Waals surface area contributed by atoms with Gasteiger partial charge in [0.25, 0.3) is 0 Å². The molecule has 0 aromatic carbocycles. The lowest BCUT2D eigenvalue weighted by atomic mass is 10.0. The Balaban J connectivity index is 3.65. The lowest BCUT2D eigenvalue weighted by molar-refractivity contribution is -0.123. The second-order valence-corrected chi connectivity index (χ2v) is 12.3. The molecule has 0 aliphatic heterocycles. The highest BCUT2D eigenvalue weighted by Crippen LogP contribution is 2.14. The van der Waals surface area contributed by atoms with Crippen LogP contribution in [0.4, 0.5) is 0 Å². The first-order valence-corrected chi connectivity index (χ1v) is 18.2. The topological polar surface area (TPSA) is 69.6 Å². The third-order valence-electron chi connectivity index (χ3n) is 8.08. The molecule has 2 unspecified atom stereocenters. The fourth-order valence-electron chi connectivity index (χ4n) is 5.25. The number of aliphatic hydroxyl groups is 2. The minimum absolute atomic E-state index is 0.0876. The lowest BCUT2D eigenvalue weighted by Gasteiger charge is -2.19. The Kier molecular flexibility index (Phi) is 33.0. The molecule has 0 aromatic heterocycles. The summed E-state index contributed by atoms with van der Waals surface area (Å²) >= 11 is 0. The van der Waals surface area contributed by atoms with Crippen molar-refractivity contribution in [3.05, 3.63) is 36.5 Å². The number of nitrogens with one attached hydrogen (secondary N) is 1. The zero-order valence-corrected chi connectivity index (χ0v) is 28.0. The summed E-state index contributed by atoms with van der Waals surface area (Å²) in [5, 5.41) is 22.8. The van der Waals surface area contributed by atoms with Crippen molar-refractivity contribution in [3.63, 3.8) is 0 Å². The highest BCUT2D eigenvalue weighted by Gasteiger charge is 2.17. The van der Waals surface area contributed by atoms with Crippen LogP contribution < -0.4 is 5.32 Å². The van der Waals surface area contributed by atoms with Gasteiger partial charge < -0.3 is 15.5 Å². The van der Waals surface area contributed by atoms with Crippen LogP contribution >= 0.6 is 0 Å². The van der Waals surface area contributed by atoms with Gasteiger partial charge >= 0.3 is 0 Å². The minimum Gasteiger partial charge on any atom is -0.394 e. The molecule has 0 fully saturated rings. The molecule has 0 spiro atoms. The van der Waals surface area contributed by atoms with Gasteiger partial charge in [0.1, 0.15) is 0 Å². The maximum absolute atomic E-state index is 12.2. The zero-order valence-electron chi connectivity index (χ0n) is 28.0. The van der Waals surface area contributed by atoms with Crippen LogP contribution in [0, 0.1) is 0 Å². The van der Waals surface area contributed by atoms with Gasteiger partial charge in [0.05, 0.1) is 18.8 Å². The molecule has 0 aliphatic carbocycles. The third kappa shape index (κ3) is 30.1. The highest BCUT2D eigenvalue weighted by molar-refractivity contribution is 5.76. The van der Waals surface area contributed by atoms with Gasteiger partial charge in [-0.2, -0.15) is 0 Å². The average molecular weight is 590 g/mol. The van der Waals surface area contributed by atoms with E-state index < -0.39 is 12.1 Å². The van der Waals surface area contributed by atoms with E-state index in [4.69, 9.17) is 0 Å². The quantitative estimate of drug-likeness (QED) is 0.0540. The molecule has 3 N–H and O–H groups in total. The van der Waals surface area contributed by atoms with Gasteiger partial charge in [0.2, 0.25) is 5.91 Å². The average Bonchev–Trinajstić information content (AvgIpc) is 2.99. The van der Waals surface area contributed by atoms with Crippen molar-refractivity contribution in [2.75, 3.05) is 6.61 Å². The van der Waals surface area contributed by atoms with Gasteiger partial charge in [-0.3, -0.25) is 4.79 Å². The summed E-state index contributed by atoms with van der Waals surface area (Å²) < 4.78 is 0. The van der Waals surface area contributed by atoms with E-state index in [1.165, 1.54) is 116 Å². The number of hydrogen-bond acceptors (Lipinski definition) is 3. The monoisotopic (exact) mass is 590 g/mol. The molecular formula is C38H71NO3. The van der Waals surface area contributed by atoms with E-state index in [9.17, 15) is 15.0 Å². The normalized spacial score (nSPS) is 13.5. The molecule has 0 rings (SSSR count). The molecule has 0 radical (unpaired) electrons. The predicted molar refractivity (Wildman–Crippen MR) is 184 cm³/mol. The van der Waals surface area contributed by atoms with E-state index in [0.717, 1.165) is 44.9 Å². The van der Waals surface area contributed by atoms with E-state index in [-0.39, 0.29) is 12.5 Å². The fourth-order valence-corrected chi connectivity index (χ4v) is 5.25. The smallest absolute Gasteiger partial charge is 0.220 e. The van der Waals surface area contributed by atoms with Gasteiger partial charge in [-0.15, -0.1) is 0 Å². The third-order valence-corrected chi connectivity index (χ3v) is 8.08. The van der Waals surface area contributed by atoms with Crippen LogP contribution in [-0.4, -0.2) is 34.9 Å². The summed E-state index contributed by atoms with van der Waals surface area (Å²) in [7, 11) is 0. The molecular weight excluding hydrogens is 518 g/mol. The number of allylic oxidation sites excluding steroid dienone is 5. The first-order chi connectivity index (χ1) is 20.7. The Morgan fingerprint density at radius 1 is 0.548 bits per heavy atom. The van der Waals surface area contributed by atoms with Crippen LogP contribution in [0.15, 0.2) is 36.5 Å². The molecule has 246 valence electrons. The largest absolute Gasteiger partial charge is 0.394 e. The fraction of sp³-hybridized carbons (Fsp3) is 0.816. The molecule has 0 aliphatic rings. The van der Waals surface area contributed by atoms with E-state index in [2.05, 4.69) is 43.5 Å². The number of aliphatic hydroxyl groups excluding tert-OH is 2. The number of hydrogen-bond donors (Lipinski definition) is 3. The molecule has 42 heavy (non-hydrogen) atoms. The van der Waals surface area contributed by atoms with Crippen LogP contribution in [0.2, 0.25) is 0 Å². The number of rotatable bonds is 32. The van der Waals surface area contributed by atoms with Crippen LogP contribution in [0.25, 0.3) is 0 Å². The second kappa shape index (κ2) is 34.1. The molecule has 0 aromatic rings. The maximum atomic E-state index is 12.2.